The first-order valence-corrected chi connectivity index (χ1v) is 10.9. The highest BCUT2D eigenvalue weighted by Crippen LogP contribution is 2.44. The third-order valence-corrected chi connectivity index (χ3v) is 8.40. The van der Waals surface area contributed by atoms with Gasteiger partial charge in [-0.3, -0.25) is 9.88 Å². The van der Waals surface area contributed by atoms with E-state index in [-0.39, 0.29) is 11.3 Å². The molecular formula is C18H23F3N2O2S. The third-order valence-electron chi connectivity index (χ3n) is 6.29. The Bertz CT molecular complexity index is 774. The van der Waals surface area contributed by atoms with Crippen LogP contribution < -0.4 is 0 Å². The number of sulfone groups is 1. The van der Waals surface area contributed by atoms with Gasteiger partial charge in [-0.2, -0.15) is 13.2 Å². The minimum atomic E-state index is -4.35. The van der Waals surface area contributed by atoms with E-state index in [0.717, 1.165) is 51.4 Å². The van der Waals surface area contributed by atoms with Crippen molar-refractivity contribution in [1.29, 1.82) is 0 Å². The maximum absolute atomic E-state index is 12.9. The Balaban J connectivity index is 1.35. The standard InChI is InChI=1S/C18H23F3N2O2S/c19-18(20,21)15-7-14(8-22-9-15)13-1-3-16(4-2-13)23-6-5-17(10-23)11-26(24,25)12-17/h7-9,13,16H,1-6,10-12H2/t13-,16+. The summed E-state index contributed by atoms with van der Waals surface area (Å²) < 4.78 is 61.7. The van der Waals surface area contributed by atoms with Crippen molar-refractivity contribution in [3.05, 3.63) is 29.6 Å². The number of hydrogen-bond acceptors (Lipinski definition) is 4. The number of hydrogen-bond donors (Lipinski definition) is 0. The van der Waals surface area contributed by atoms with Gasteiger partial charge < -0.3 is 0 Å². The largest absolute Gasteiger partial charge is 0.417 e. The van der Waals surface area contributed by atoms with Crippen LogP contribution in [-0.4, -0.2) is 48.9 Å². The third kappa shape index (κ3) is 3.50. The average molecular weight is 388 g/mol. The highest BCUT2D eigenvalue weighted by atomic mass is 32.2. The number of alkyl halides is 3. The van der Waals surface area contributed by atoms with Gasteiger partial charge in [0.1, 0.15) is 0 Å². The Kier molecular flexibility index (Phi) is 4.34. The van der Waals surface area contributed by atoms with Crippen molar-refractivity contribution in [2.75, 3.05) is 24.6 Å². The van der Waals surface area contributed by atoms with Gasteiger partial charge in [-0.15, -0.1) is 0 Å². The second kappa shape index (κ2) is 6.19. The molecule has 0 aromatic carbocycles. The monoisotopic (exact) mass is 388 g/mol. The van der Waals surface area contributed by atoms with Crippen LogP contribution in [0.25, 0.3) is 0 Å². The van der Waals surface area contributed by atoms with E-state index >= 15 is 0 Å². The molecule has 1 spiro atoms. The van der Waals surface area contributed by atoms with E-state index in [1.54, 1.807) is 6.20 Å². The van der Waals surface area contributed by atoms with Crippen LogP contribution in [0.3, 0.4) is 0 Å². The molecule has 1 aromatic rings. The van der Waals surface area contributed by atoms with Gasteiger partial charge in [-0.1, -0.05) is 0 Å². The van der Waals surface area contributed by atoms with Crippen LogP contribution >= 0.6 is 0 Å². The molecule has 4 nitrogen and oxygen atoms in total. The van der Waals surface area contributed by atoms with Gasteiger partial charge in [-0.05, 0) is 56.2 Å². The quantitative estimate of drug-likeness (QED) is 0.781. The predicted octanol–water partition coefficient (Wildman–Crippen LogP) is 3.25. The van der Waals surface area contributed by atoms with Crippen molar-refractivity contribution >= 4 is 9.84 Å². The molecule has 3 heterocycles. The summed E-state index contributed by atoms with van der Waals surface area (Å²) in [4.78, 5) is 6.20. The first kappa shape index (κ1) is 18.2. The smallest absolute Gasteiger partial charge is 0.300 e. The average Bonchev–Trinajstić information content (AvgIpc) is 2.98. The van der Waals surface area contributed by atoms with Crippen molar-refractivity contribution in [3.8, 4) is 0 Å². The lowest BCUT2D eigenvalue weighted by atomic mass is 9.81. The highest BCUT2D eigenvalue weighted by molar-refractivity contribution is 7.92. The molecule has 0 unspecified atom stereocenters. The maximum Gasteiger partial charge on any atom is 0.417 e. The van der Waals surface area contributed by atoms with E-state index in [9.17, 15) is 21.6 Å². The summed E-state index contributed by atoms with van der Waals surface area (Å²) in [5.41, 5.74) is -0.0215. The molecule has 0 bridgehead atoms. The molecule has 1 saturated carbocycles. The van der Waals surface area contributed by atoms with Crippen LogP contribution in [0.2, 0.25) is 0 Å². The van der Waals surface area contributed by atoms with Gasteiger partial charge >= 0.3 is 6.18 Å². The topological polar surface area (TPSA) is 50.3 Å². The summed E-state index contributed by atoms with van der Waals surface area (Å²) in [7, 11) is -2.81. The second-order valence-corrected chi connectivity index (χ2v) is 10.3. The molecule has 0 N–H and O–H groups in total. The molecule has 2 aliphatic heterocycles. The number of likely N-dealkylation sites (tertiary alicyclic amines) is 1. The SMILES string of the molecule is O=S1(=O)CC2(CCN([C@H]3CC[C@@H](c4cncc(C(F)(F)F)c4)CC3)C2)C1. The first-order chi connectivity index (χ1) is 12.2. The van der Waals surface area contributed by atoms with Gasteiger partial charge in [0.25, 0.3) is 0 Å². The first-order valence-electron chi connectivity index (χ1n) is 9.13. The number of halogens is 3. The molecule has 144 valence electrons. The summed E-state index contributed by atoms with van der Waals surface area (Å²) in [5.74, 6) is 0.769. The molecule has 3 aliphatic rings. The van der Waals surface area contributed by atoms with Crippen molar-refractivity contribution in [3.63, 3.8) is 0 Å². The van der Waals surface area contributed by atoms with Gasteiger partial charge in [0.15, 0.2) is 9.84 Å². The lowest BCUT2D eigenvalue weighted by Gasteiger charge is -2.40. The van der Waals surface area contributed by atoms with Gasteiger partial charge in [-0.25, -0.2) is 8.42 Å². The molecule has 3 fully saturated rings. The molecular weight excluding hydrogens is 365 g/mol. The second-order valence-electron chi connectivity index (χ2n) is 8.26. The van der Waals surface area contributed by atoms with Crippen LogP contribution in [-0.2, 0) is 16.0 Å². The fraction of sp³-hybridized carbons (Fsp3) is 0.722. The Hall–Kier alpha value is -1.15. The van der Waals surface area contributed by atoms with Gasteiger partial charge in [0, 0.05) is 30.4 Å². The Morgan fingerprint density at radius 3 is 2.42 bits per heavy atom. The van der Waals surface area contributed by atoms with Crippen LogP contribution in [0.4, 0.5) is 13.2 Å². The zero-order valence-electron chi connectivity index (χ0n) is 14.5. The molecule has 26 heavy (non-hydrogen) atoms. The molecule has 4 rings (SSSR count). The maximum atomic E-state index is 12.9. The van der Waals surface area contributed by atoms with Crippen molar-refractivity contribution in [2.24, 2.45) is 5.41 Å². The summed E-state index contributed by atoms with van der Waals surface area (Å²) in [6.07, 6.45) is 2.64. The zero-order chi connectivity index (χ0) is 18.6. The summed E-state index contributed by atoms with van der Waals surface area (Å²) >= 11 is 0. The Morgan fingerprint density at radius 2 is 1.81 bits per heavy atom. The molecule has 1 aliphatic carbocycles. The number of nitrogens with zero attached hydrogens (tertiary/aromatic N) is 2. The van der Waals surface area contributed by atoms with E-state index < -0.39 is 21.6 Å². The van der Waals surface area contributed by atoms with E-state index in [1.165, 1.54) is 6.07 Å². The van der Waals surface area contributed by atoms with E-state index in [4.69, 9.17) is 0 Å². The molecule has 1 aromatic heterocycles. The van der Waals surface area contributed by atoms with Crippen molar-refractivity contribution in [1.82, 2.24) is 9.88 Å². The lowest BCUT2D eigenvalue weighted by Crippen LogP contribution is -2.51. The molecule has 0 radical (unpaired) electrons. The minimum Gasteiger partial charge on any atom is -0.300 e. The predicted molar refractivity (Wildman–Crippen MR) is 91.5 cm³/mol. The van der Waals surface area contributed by atoms with Crippen LogP contribution in [0.15, 0.2) is 18.5 Å². The fourth-order valence-corrected chi connectivity index (χ4v) is 7.27. The molecule has 8 heteroatoms. The highest BCUT2D eigenvalue weighted by Gasteiger charge is 2.52. The molecule has 0 amide bonds. The van der Waals surface area contributed by atoms with Crippen LogP contribution in [0.1, 0.15) is 49.1 Å². The fourth-order valence-electron chi connectivity index (χ4n) is 5.02. The van der Waals surface area contributed by atoms with E-state index in [1.807, 2.05) is 0 Å². The van der Waals surface area contributed by atoms with Gasteiger partial charge in [0.05, 0.1) is 17.1 Å². The Morgan fingerprint density at radius 1 is 1.12 bits per heavy atom. The van der Waals surface area contributed by atoms with Crippen LogP contribution in [0.5, 0.6) is 0 Å². The number of rotatable bonds is 2. The molecule has 2 saturated heterocycles. The summed E-state index contributed by atoms with van der Waals surface area (Å²) in [6.45, 7) is 1.79. The minimum absolute atomic E-state index is 0.0271. The lowest BCUT2D eigenvalue weighted by molar-refractivity contribution is -0.137. The normalized spacial score (nSPS) is 31.0. The van der Waals surface area contributed by atoms with Gasteiger partial charge in [0.2, 0.25) is 0 Å². The summed E-state index contributed by atoms with van der Waals surface area (Å²) in [5, 5.41) is 0. The van der Waals surface area contributed by atoms with Crippen molar-refractivity contribution < 1.29 is 21.6 Å². The zero-order valence-corrected chi connectivity index (χ0v) is 15.3. The number of aromatic nitrogens is 1. The van der Waals surface area contributed by atoms with Crippen molar-refractivity contribution in [2.45, 2.75) is 50.2 Å². The molecule has 0 atom stereocenters. The van der Waals surface area contributed by atoms with Crippen LogP contribution in [0, 0.1) is 5.41 Å². The van der Waals surface area contributed by atoms with E-state index in [2.05, 4.69) is 9.88 Å². The number of pyridine rings is 1. The summed E-state index contributed by atoms with van der Waals surface area (Å²) in [6, 6.07) is 1.66. The van der Waals surface area contributed by atoms with E-state index in [0.29, 0.717) is 23.1 Å². The Labute approximate surface area is 151 Å².